The molecule has 0 bridgehead atoms. The Hall–Kier alpha value is -4.53. The van der Waals surface area contributed by atoms with Gasteiger partial charge < -0.3 is 9.47 Å². The van der Waals surface area contributed by atoms with Crippen LogP contribution >= 0.6 is 31.9 Å². The zero-order valence-electron chi connectivity index (χ0n) is 23.6. The van der Waals surface area contributed by atoms with Crippen LogP contribution in [-0.4, -0.2) is 26.2 Å². The molecule has 0 atom stereocenters. The van der Waals surface area contributed by atoms with E-state index < -0.39 is 11.9 Å². The molecule has 0 unspecified atom stereocenters. The van der Waals surface area contributed by atoms with Crippen LogP contribution in [0, 0.1) is 5.82 Å². The van der Waals surface area contributed by atoms with Crippen LogP contribution in [0.2, 0.25) is 0 Å². The molecule has 0 saturated carbocycles. The summed E-state index contributed by atoms with van der Waals surface area (Å²) in [7, 11) is 2.58. The van der Waals surface area contributed by atoms with E-state index >= 15 is 0 Å². The fourth-order valence-electron chi connectivity index (χ4n) is 5.52. The third-order valence-corrected chi connectivity index (χ3v) is 8.48. The number of ether oxygens (including phenoxy) is 2. The summed E-state index contributed by atoms with van der Waals surface area (Å²) in [6, 6.07) is 27.4. The minimum Gasteiger partial charge on any atom is -0.490 e. The Morgan fingerprint density at radius 2 is 1.36 bits per heavy atom. The quantitative estimate of drug-likeness (QED) is 0.0751. The first-order valence-corrected chi connectivity index (χ1v) is 15.1. The molecule has 6 rings (SSSR count). The van der Waals surface area contributed by atoms with Crippen molar-refractivity contribution in [3.05, 3.63) is 129 Å². The molecule has 44 heavy (non-hydrogen) atoms. The highest BCUT2D eigenvalue weighted by molar-refractivity contribution is 9.10. The Balaban J connectivity index is 1.69. The maximum absolute atomic E-state index is 13.8. The van der Waals surface area contributed by atoms with Crippen molar-refractivity contribution < 1.29 is 28.0 Å². The SMILES string of the molecule is COC(=O)/C(=C(/C(=O)OC)[n+]1ccc(/C=C/c2ccc(F)cc2)c2ccccc21)[c-]1c2cc(Br)ccc2c2ccc(Br)cc21. The number of rotatable bonds is 6. The van der Waals surface area contributed by atoms with Crippen LogP contribution in [0.1, 0.15) is 16.7 Å². The van der Waals surface area contributed by atoms with Gasteiger partial charge in [0.15, 0.2) is 6.20 Å². The van der Waals surface area contributed by atoms with Crippen molar-refractivity contribution in [1.82, 2.24) is 0 Å². The average Bonchev–Trinajstić information content (AvgIpc) is 3.34. The molecule has 0 amide bonds. The van der Waals surface area contributed by atoms with Gasteiger partial charge in [0.1, 0.15) is 5.82 Å². The lowest BCUT2D eigenvalue weighted by Crippen LogP contribution is -2.39. The topological polar surface area (TPSA) is 56.5 Å². The van der Waals surface area contributed by atoms with Gasteiger partial charge in [0.25, 0.3) is 11.7 Å². The summed E-state index contributed by atoms with van der Waals surface area (Å²) in [6.45, 7) is 0. The summed E-state index contributed by atoms with van der Waals surface area (Å²) in [5.41, 5.74) is 3.00. The molecule has 0 aliphatic heterocycles. The van der Waals surface area contributed by atoms with Crippen LogP contribution in [0.3, 0.4) is 0 Å². The molecule has 0 aliphatic carbocycles. The first-order valence-electron chi connectivity index (χ1n) is 13.6. The Morgan fingerprint density at radius 3 is 1.98 bits per heavy atom. The minimum absolute atomic E-state index is 0.0124. The summed E-state index contributed by atoms with van der Waals surface area (Å²) >= 11 is 7.16. The number of fused-ring (bicyclic) bond motifs is 4. The monoisotopic (exact) mass is 711 g/mol. The van der Waals surface area contributed by atoms with Gasteiger partial charge in [0, 0.05) is 12.1 Å². The molecule has 6 aromatic rings. The lowest BCUT2D eigenvalue weighted by atomic mass is 9.99. The second kappa shape index (κ2) is 12.2. The number of methoxy groups -OCH3 is 2. The van der Waals surface area contributed by atoms with Crippen molar-refractivity contribution >= 4 is 99.7 Å². The standard InChI is InChI=1S/C36H24Br2FNO4/c1-43-35(41)33(32-29-19-23(37)11-15-27(29)28-16-12-24(38)20-30(28)32)34(36(42)44-2)40-18-17-22(26-5-3-4-6-31(26)40)10-7-21-8-13-25(39)14-9-21/h3-20H,1-2H3/b10-7+,34-33-. The molecule has 0 N–H and O–H groups in total. The maximum Gasteiger partial charge on any atom is 0.379 e. The van der Waals surface area contributed by atoms with Gasteiger partial charge in [0.05, 0.1) is 25.2 Å². The van der Waals surface area contributed by atoms with Crippen LogP contribution in [0.15, 0.2) is 106 Å². The van der Waals surface area contributed by atoms with Gasteiger partial charge in [-0.15, -0.1) is 0 Å². The van der Waals surface area contributed by atoms with Crippen molar-refractivity contribution in [3.8, 4) is 0 Å². The number of para-hydroxylation sites is 1. The molecule has 0 spiro atoms. The van der Waals surface area contributed by atoms with Crippen LogP contribution in [0.5, 0.6) is 0 Å². The highest BCUT2D eigenvalue weighted by atomic mass is 79.9. The smallest absolute Gasteiger partial charge is 0.379 e. The summed E-state index contributed by atoms with van der Waals surface area (Å²) in [5.74, 6) is -1.69. The minimum atomic E-state index is -0.706. The van der Waals surface area contributed by atoms with Crippen LogP contribution in [0.4, 0.5) is 4.39 Å². The van der Waals surface area contributed by atoms with Crippen molar-refractivity contribution in [2.24, 2.45) is 0 Å². The maximum atomic E-state index is 13.8. The van der Waals surface area contributed by atoms with E-state index in [1.165, 1.54) is 26.4 Å². The van der Waals surface area contributed by atoms with E-state index in [0.717, 1.165) is 47.0 Å². The number of halogens is 3. The number of nitrogens with zero attached hydrogens (tertiary/aromatic N) is 1. The number of esters is 2. The molecule has 0 aliphatic rings. The zero-order chi connectivity index (χ0) is 31.0. The van der Waals surface area contributed by atoms with Gasteiger partial charge in [-0.25, -0.2) is 9.18 Å². The molecule has 5 aromatic carbocycles. The van der Waals surface area contributed by atoms with E-state index in [4.69, 9.17) is 9.47 Å². The van der Waals surface area contributed by atoms with Crippen LogP contribution in [0.25, 0.3) is 55.9 Å². The van der Waals surface area contributed by atoms with Gasteiger partial charge in [-0.2, -0.15) is 4.57 Å². The van der Waals surface area contributed by atoms with Crippen molar-refractivity contribution in [2.45, 2.75) is 0 Å². The second-order valence-corrected chi connectivity index (χ2v) is 11.8. The summed E-state index contributed by atoms with van der Waals surface area (Å²) in [5, 5.41) is 4.22. The number of aromatic nitrogens is 1. The summed E-state index contributed by atoms with van der Waals surface area (Å²) in [4.78, 5) is 27.6. The molecular weight excluding hydrogens is 689 g/mol. The van der Waals surface area contributed by atoms with E-state index in [1.807, 2.05) is 78.9 Å². The Labute approximate surface area is 269 Å². The van der Waals surface area contributed by atoms with E-state index in [9.17, 15) is 14.0 Å². The van der Waals surface area contributed by atoms with E-state index in [1.54, 1.807) is 22.9 Å². The summed E-state index contributed by atoms with van der Waals surface area (Å²) < 4.78 is 27.4. The molecule has 5 nitrogen and oxygen atoms in total. The van der Waals surface area contributed by atoms with Crippen molar-refractivity contribution in [3.63, 3.8) is 0 Å². The van der Waals surface area contributed by atoms with Crippen LogP contribution in [-0.2, 0) is 19.1 Å². The summed E-state index contributed by atoms with van der Waals surface area (Å²) in [6.07, 6.45) is 5.55. The highest BCUT2D eigenvalue weighted by Gasteiger charge is 2.32. The molecule has 0 radical (unpaired) electrons. The molecule has 218 valence electrons. The third-order valence-electron chi connectivity index (χ3n) is 7.49. The predicted molar refractivity (Wildman–Crippen MR) is 179 cm³/mol. The first kappa shape index (κ1) is 29.5. The molecule has 1 heterocycles. The number of carbonyl (C=O) groups excluding carboxylic acids is 2. The second-order valence-electron chi connectivity index (χ2n) is 10.0. The third kappa shape index (κ3) is 5.36. The highest BCUT2D eigenvalue weighted by Crippen LogP contribution is 2.42. The molecule has 0 saturated heterocycles. The van der Waals surface area contributed by atoms with Crippen LogP contribution < -0.4 is 4.57 Å². The number of pyridine rings is 1. The largest absolute Gasteiger partial charge is 0.490 e. The normalized spacial score (nSPS) is 12.2. The van der Waals surface area contributed by atoms with Gasteiger partial charge in [-0.3, -0.25) is 4.79 Å². The molecule has 1 aromatic heterocycles. The fourth-order valence-corrected chi connectivity index (χ4v) is 6.24. The average molecular weight is 713 g/mol. The van der Waals surface area contributed by atoms with Crippen molar-refractivity contribution in [2.75, 3.05) is 14.2 Å². The predicted octanol–water partition coefficient (Wildman–Crippen LogP) is 8.70. The number of hydrogen-bond acceptors (Lipinski definition) is 4. The van der Waals surface area contributed by atoms with Gasteiger partial charge in [-0.05, 0) is 38.3 Å². The van der Waals surface area contributed by atoms with E-state index in [2.05, 4.69) is 31.9 Å². The lowest BCUT2D eigenvalue weighted by Gasteiger charge is -2.16. The molecule has 0 fully saturated rings. The van der Waals surface area contributed by atoms with E-state index in [-0.39, 0.29) is 17.1 Å². The Kier molecular flexibility index (Phi) is 8.21. The van der Waals surface area contributed by atoms with E-state index in [0.29, 0.717) is 11.1 Å². The first-order chi connectivity index (χ1) is 21.3. The fraction of sp³-hybridized carbons (Fsp3) is 0.0556. The number of carbonyl (C=O) groups is 2. The number of hydrogen-bond donors (Lipinski definition) is 0. The molecular formula is C36H24Br2FNO4. The van der Waals surface area contributed by atoms with Gasteiger partial charge in [-0.1, -0.05) is 132 Å². The molecule has 8 heteroatoms. The van der Waals surface area contributed by atoms with Crippen molar-refractivity contribution in [1.29, 1.82) is 0 Å². The Morgan fingerprint density at radius 1 is 0.750 bits per heavy atom. The Bertz CT molecular complexity index is 2100. The van der Waals surface area contributed by atoms with Gasteiger partial charge in [0.2, 0.25) is 5.52 Å². The van der Waals surface area contributed by atoms with Gasteiger partial charge >= 0.3 is 5.97 Å². The lowest BCUT2D eigenvalue weighted by molar-refractivity contribution is -0.548. The number of benzene rings is 4. The zero-order valence-corrected chi connectivity index (χ0v) is 26.8.